The number of benzene rings is 1. The van der Waals surface area contributed by atoms with E-state index in [1.54, 1.807) is 39.0 Å². The molecule has 1 saturated heterocycles. The summed E-state index contributed by atoms with van der Waals surface area (Å²) < 4.78 is 7.55. The summed E-state index contributed by atoms with van der Waals surface area (Å²) in [7, 11) is 1.53. The van der Waals surface area contributed by atoms with Crippen molar-refractivity contribution in [3.63, 3.8) is 0 Å². The van der Waals surface area contributed by atoms with Gasteiger partial charge in [0.1, 0.15) is 11.6 Å². The van der Waals surface area contributed by atoms with Crippen molar-refractivity contribution in [2.24, 2.45) is 7.05 Å². The molecule has 31 heavy (non-hydrogen) atoms. The van der Waals surface area contributed by atoms with Gasteiger partial charge in [0.2, 0.25) is 11.8 Å². The van der Waals surface area contributed by atoms with Gasteiger partial charge in [-0.25, -0.2) is 9.36 Å². The van der Waals surface area contributed by atoms with Crippen LogP contribution in [0.2, 0.25) is 0 Å². The van der Waals surface area contributed by atoms with Gasteiger partial charge in [0, 0.05) is 19.9 Å². The molecule has 1 aliphatic rings. The molecule has 2 aromatic rings. The van der Waals surface area contributed by atoms with E-state index in [2.05, 4.69) is 5.32 Å². The van der Waals surface area contributed by atoms with Crippen LogP contribution in [0.1, 0.15) is 58.1 Å². The highest BCUT2D eigenvalue weighted by atomic mass is 16.6. The Morgan fingerprint density at radius 2 is 1.90 bits per heavy atom. The molecule has 0 spiro atoms. The smallest absolute Gasteiger partial charge is 0.331 e. The summed E-state index contributed by atoms with van der Waals surface area (Å²) in [6.07, 6.45) is 1.37. The van der Waals surface area contributed by atoms with E-state index in [0.29, 0.717) is 18.4 Å². The van der Waals surface area contributed by atoms with Gasteiger partial charge in [0.15, 0.2) is 0 Å². The molecule has 0 saturated carbocycles. The number of carbonyl (C=O) groups excluding carboxylic acids is 3. The number of ether oxygens (including phenoxy) is 1. The quantitative estimate of drug-likeness (QED) is 0.579. The first-order valence-electron chi connectivity index (χ1n) is 10.3. The van der Waals surface area contributed by atoms with E-state index in [1.165, 1.54) is 11.6 Å². The molecule has 1 aliphatic heterocycles. The van der Waals surface area contributed by atoms with Gasteiger partial charge >= 0.3 is 11.7 Å². The molecule has 9 nitrogen and oxygen atoms in total. The lowest BCUT2D eigenvalue weighted by atomic mass is 10.1. The van der Waals surface area contributed by atoms with Gasteiger partial charge in [-0.15, -0.1) is 0 Å². The fourth-order valence-electron chi connectivity index (χ4n) is 3.70. The zero-order valence-corrected chi connectivity index (χ0v) is 18.2. The normalized spacial score (nSPS) is 17.4. The summed E-state index contributed by atoms with van der Waals surface area (Å²) in [4.78, 5) is 62.0. The average Bonchev–Trinajstić information content (AvgIpc) is 2.83. The second-order valence-corrected chi connectivity index (χ2v) is 8.78. The molecule has 1 fully saturated rings. The molecule has 1 aromatic carbocycles. The molecule has 0 aliphatic carbocycles. The summed E-state index contributed by atoms with van der Waals surface area (Å²) in [5.74, 6) is -1.38. The van der Waals surface area contributed by atoms with Crippen LogP contribution in [0, 0.1) is 0 Å². The Morgan fingerprint density at radius 3 is 2.58 bits per heavy atom. The fraction of sp³-hybridized carbons (Fsp3) is 0.500. The van der Waals surface area contributed by atoms with Crippen molar-refractivity contribution in [1.82, 2.24) is 14.5 Å². The highest BCUT2D eigenvalue weighted by Gasteiger charge is 2.29. The molecule has 2 heterocycles. The van der Waals surface area contributed by atoms with Gasteiger partial charge in [-0.3, -0.25) is 29.1 Å². The van der Waals surface area contributed by atoms with Gasteiger partial charge < -0.3 is 4.74 Å². The monoisotopic (exact) mass is 429 g/mol. The van der Waals surface area contributed by atoms with E-state index in [1.807, 2.05) is 0 Å². The van der Waals surface area contributed by atoms with Crippen LogP contribution in [-0.2, 0) is 32.6 Å². The number of rotatable bonds is 4. The van der Waals surface area contributed by atoms with E-state index in [0.717, 1.165) is 10.1 Å². The average molecular weight is 429 g/mol. The predicted octanol–water partition coefficient (Wildman–Crippen LogP) is 1.34. The zero-order valence-electron chi connectivity index (χ0n) is 18.2. The molecule has 2 amide bonds. The van der Waals surface area contributed by atoms with Crippen molar-refractivity contribution < 1.29 is 19.1 Å². The van der Waals surface area contributed by atoms with Crippen LogP contribution in [-0.4, -0.2) is 32.5 Å². The number of amides is 2. The first-order valence-corrected chi connectivity index (χ1v) is 10.3. The number of aromatic nitrogens is 2. The largest absolute Gasteiger partial charge is 0.460 e. The van der Waals surface area contributed by atoms with Crippen molar-refractivity contribution in [1.29, 1.82) is 0 Å². The maximum absolute atomic E-state index is 13.1. The summed E-state index contributed by atoms with van der Waals surface area (Å²) in [6, 6.07) is 3.98. The SMILES string of the molecule is Cn1c(=O)n(C2CCCC(=O)NC2=O)c(=O)c2ccc(CCC(=O)OC(C)(C)C)cc21. The lowest BCUT2D eigenvalue weighted by Gasteiger charge is -2.19. The Bertz CT molecular complexity index is 1170. The van der Waals surface area contributed by atoms with Crippen molar-refractivity contribution in [3.05, 3.63) is 44.6 Å². The molecule has 0 bridgehead atoms. The molecule has 9 heteroatoms. The number of esters is 1. The van der Waals surface area contributed by atoms with Gasteiger partial charge in [-0.1, -0.05) is 6.07 Å². The number of imide groups is 1. The lowest BCUT2D eigenvalue weighted by molar-refractivity contribution is -0.154. The number of hydrogen-bond acceptors (Lipinski definition) is 6. The molecule has 1 aromatic heterocycles. The standard InChI is InChI=1S/C22H27N3O6/c1-22(2,3)31-18(27)11-9-13-8-10-14-16(12-13)24(4)21(30)25(20(14)29)15-6-5-7-17(26)23-19(15)28/h8,10,12,15H,5-7,9,11H2,1-4H3,(H,23,26,28). The van der Waals surface area contributed by atoms with Gasteiger partial charge in [-0.05, 0) is 57.7 Å². The summed E-state index contributed by atoms with van der Waals surface area (Å²) >= 11 is 0. The van der Waals surface area contributed by atoms with Crippen LogP contribution in [0.25, 0.3) is 10.9 Å². The third-order valence-corrected chi connectivity index (χ3v) is 5.16. The van der Waals surface area contributed by atoms with E-state index in [-0.39, 0.29) is 30.6 Å². The minimum absolute atomic E-state index is 0.171. The van der Waals surface area contributed by atoms with E-state index >= 15 is 0 Å². The first-order chi connectivity index (χ1) is 14.5. The maximum atomic E-state index is 13.1. The van der Waals surface area contributed by atoms with Crippen LogP contribution in [0.15, 0.2) is 27.8 Å². The van der Waals surface area contributed by atoms with Crippen molar-refractivity contribution in [3.8, 4) is 0 Å². The minimum Gasteiger partial charge on any atom is -0.460 e. The Morgan fingerprint density at radius 1 is 1.19 bits per heavy atom. The van der Waals surface area contributed by atoms with Crippen molar-refractivity contribution >= 4 is 28.7 Å². The van der Waals surface area contributed by atoms with Crippen molar-refractivity contribution in [2.75, 3.05) is 0 Å². The maximum Gasteiger partial charge on any atom is 0.331 e. The van der Waals surface area contributed by atoms with Crippen LogP contribution in [0.3, 0.4) is 0 Å². The van der Waals surface area contributed by atoms with Crippen LogP contribution >= 0.6 is 0 Å². The molecule has 0 radical (unpaired) electrons. The molecule has 1 unspecified atom stereocenters. The number of nitrogens with one attached hydrogen (secondary N) is 1. The highest BCUT2D eigenvalue weighted by molar-refractivity contribution is 5.97. The van der Waals surface area contributed by atoms with E-state index < -0.39 is 34.7 Å². The predicted molar refractivity (Wildman–Crippen MR) is 114 cm³/mol. The number of aryl methyl sites for hydroxylation is 2. The molecule has 1 atom stereocenters. The molecule has 3 rings (SSSR count). The second-order valence-electron chi connectivity index (χ2n) is 8.78. The molecule has 166 valence electrons. The topological polar surface area (TPSA) is 116 Å². The van der Waals surface area contributed by atoms with E-state index in [4.69, 9.17) is 4.74 Å². The minimum atomic E-state index is -1.03. The van der Waals surface area contributed by atoms with Gasteiger partial charge in [0.05, 0.1) is 10.9 Å². The fourth-order valence-corrected chi connectivity index (χ4v) is 3.70. The van der Waals surface area contributed by atoms with Crippen LogP contribution in [0.4, 0.5) is 0 Å². The third-order valence-electron chi connectivity index (χ3n) is 5.16. The summed E-state index contributed by atoms with van der Waals surface area (Å²) in [5, 5.41) is 2.52. The third kappa shape index (κ3) is 4.92. The van der Waals surface area contributed by atoms with E-state index in [9.17, 15) is 24.0 Å². The molecular weight excluding hydrogens is 402 g/mol. The highest BCUT2D eigenvalue weighted by Crippen LogP contribution is 2.19. The summed E-state index contributed by atoms with van der Waals surface area (Å²) in [5.41, 5.74) is -0.575. The number of hydrogen-bond donors (Lipinski definition) is 1. The Labute approximate surface area is 179 Å². The Kier molecular flexibility index (Phi) is 6.15. The van der Waals surface area contributed by atoms with Crippen LogP contribution < -0.4 is 16.6 Å². The zero-order chi connectivity index (χ0) is 22.9. The molecular formula is C22H27N3O6. The van der Waals surface area contributed by atoms with Crippen molar-refractivity contribution in [2.45, 2.75) is 64.5 Å². The van der Waals surface area contributed by atoms with Gasteiger partial charge in [-0.2, -0.15) is 0 Å². The molecule has 1 N–H and O–H groups in total. The van der Waals surface area contributed by atoms with Crippen LogP contribution in [0.5, 0.6) is 0 Å². The Balaban J connectivity index is 1.96. The number of fused-ring (bicyclic) bond motifs is 1. The Hall–Kier alpha value is -3.23. The first kappa shape index (κ1) is 22.5. The number of carbonyl (C=O) groups is 3. The lowest BCUT2D eigenvalue weighted by Crippen LogP contribution is -2.46. The van der Waals surface area contributed by atoms with Gasteiger partial charge in [0.25, 0.3) is 5.56 Å². The second kappa shape index (κ2) is 8.49. The number of nitrogens with zero attached hydrogens (tertiary/aromatic N) is 2. The summed E-state index contributed by atoms with van der Waals surface area (Å²) in [6.45, 7) is 5.39.